The van der Waals surface area contributed by atoms with Crippen LogP contribution in [-0.2, 0) is 11.3 Å². The molecule has 0 unspecified atom stereocenters. The molecular weight excluding hydrogens is 327 g/mol. The van der Waals surface area contributed by atoms with Gasteiger partial charge >= 0.3 is 0 Å². The van der Waals surface area contributed by atoms with E-state index in [1.165, 1.54) is 11.8 Å². The molecule has 0 heterocycles. The molecule has 0 saturated heterocycles. The number of nitrogens with one attached hydrogen (secondary N) is 1. The van der Waals surface area contributed by atoms with Gasteiger partial charge in [-0.3, -0.25) is 4.79 Å². The van der Waals surface area contributed by atoms with Crippen molar-refractivity contribution in [1.82, 2.24) is 5.32 Å². The predicted molar refractivity (Wildman–Crippen MR) is 89.9 cm³/mol. The first-order valence-electron chi connectivity index (χ1n) is 6.23. The summed E-state index contributed by atoms with van der Waals surface area (Å²) in [5, 5.41) is 4.13. The van der Waals surface area contributed by atoms with Crippen LogP contribution in [-0.4, -0.2) is 11.7 Å². The van der Waals surface area contributed by atoms with E-state index in [1.54, 1.807) is 30.3 Å². The average Bonchev–Trinajstić information content (AvgIpc) is 2.47. The molecule has 0 saturated carbocycles. The molecule has 0 aromatic heterocycles. The maximum atomic E-state index is 11.8. The zero-order valence-corrected chi connectivity index (χ0v) is 13.4. The van der Waals surface area contributed by atoms with Crippen molar-refractivity contribution in [3.8, 4) is 0 Å². The molecule has 3 N–H and O–H groups in total. The third-order valence-electron chi connectivity index (χ3n) is 2.74. The van der Waals surface area contributed by atoms with Crippen LogP contribution in [0.5, 0.6) is 0 Å². The summed E-state index contributed by atoms with van der Waals surface area (Å²) in [5.74, 6) is 0.229. The van der Waals surface area contributed by atoms with Crippen molar-refractivity contribution in [2.24, 2.45) is 0 Å². The first-order chi connectivity index (χ1) is 10.0. The Morgan fingerprint density at radius 2 is 1.76 bits per heavy atom. The van der Waals surface area contributed by atoms with E-state index in [2.05, 4.69) is 5.32 Å². The lowest BCUT2D eigenvalue weighted by Gasteiger charge is -2.07. The van der Waals surface area contributed by atoms with Crippen molar-refractivity contribution in [1.29, 1.82) is 0 Å². The monoisotopic (exact) mass is 340 g/mol. The van der Waals surface area contributed by atoms with Gasteiger partial charge in [-0.2, -0.15) is 0 Å². The molecule has 2 aromatic rings. The molecule has 0 bridgehead atoms. The van der Waals surface area contributed by atoms with Gasteiger partial charge < -0.3 is 11.1 Å². The van der Waals surface area contributed by atoms with Crippen LogP contribution in [0.15, 0.2) is 47.4 Å². The molecule has 21 heavy (non-hydrogen) atoms. The van der Waals surface area contributed by atoms with E-state index in [0.29, 0.717) is 22.3 Å². The van der Waals surface area contributed by atoms with Gasteiger partial charge in [0.25, 0.3) is 0 Å². The van der Waals surface area contributed by atoms with Crippen LogP contribution >= 0.6 is 35.0 Å². The Morgan fingerprint density at radius 1 is 1.10 bits per heavy atom. The number of thioether (sulfide) groups is 1. The summed E-state index contributed by atoms with van der Waals surface area (Å²) < 4.78 is 0. The summed E-state index contributed by atoms with van der Waals surface area (Å²) in [6, 6.07) is 12.6. The minimum Gasteiger partial charge on any atom is -0.398 e. The van der Waals surface area contributed by atoms with E-state index in [4.69, 9.17) is 28.9 Å². The van der Waals surface area contributed by atoms with Gasteiger partial charge in [-0.05, 0) is 35.9 Å². The molecule has 6 heteroatoms. The number of rotatable bonds is 5. The summed E-state index contributed by atoms with van der Waals surface area (Å²) in [5.41, 5.74) is 7.45. The Kier molecular flexibility index (Phi) is 5.79. The minimum absolute atomic E-state index is 0.0608. The van der Waals surface area contributed by atoms with E-state index in [0.717, 1.165) is 10.5 Å². The summed E-state index contributed by atoms with van der Waals surface area (Å²) in [6.07, 6.45) is 0. The molecule has 0 spiro atoms. The fraction of sp³-hybridized carbons (Fsp3) is 0.133. The van der Waals surface area contributed by atoms with Crippen LogP contribution in [0.1, 0.15) is 5.56 Å². The van der Waals surface area contributed by atoms with E-state index in [-0.39, 0.29) is 11.7 Å². The molecule has 0 atom stereocenters. The minimum atomic E-state index is -0.0608. The van der Waals surface area contributed by atoms with Gasteiger partial charge in [0.1, 0.15) is 0 Å². The topological polar surface area (TPSA) is 55.1 Å². The normalized spacial score (nSPS) is 10.4. The van der Waals surface area contributed by atoms with Gasteiger partial charge in [0.2, 0.25) is 5.91 Å². The second-order valence-electron chi connectivity index (χ2n) is 4.37. The predicted octanol–water partition coefficient (Wildman–Crippen LogP) is 3.98. The van der Waals surface area contributed by atoms with Crippen LogP contribution in [0, 0.1) is 0 Å². The first-order valence-corrected chi connectivity index (χ1v) is 7.98. The van der Waals surface area contributed by atoms with Crippen LogP contribution in [0.2, 0.25) is 10.0 Å². The molecule has 0 aliphatic heterocycles. The number of benzene rings is 2. The van der Waals surface area contributed by atoms with Crippen molar-refractivity contribution in [3.63, 3.8) is 0 Å². The van der Waals surface area contributed by atoms with Crippen LogP contribution < -0.4 is 11.1 Å². The van der Waals surface area contributed by atoms with Crippen molar-refractivity contribution in [3.05, 3.63) is 58.1 Å². The number of halogens is 2. The molecule has 2 rings (SSSR count). The van der Waals surface area contributed by atoms with Crippen molar-refractivity contribution in [2.75, 3.05) is 11.5 Å². The van der Waals surface area contributed by atoms with Gasteiger partial charge in [0.15, 0.2) is 0 Å². The lowest BCUT2D eigenvalue weighted by molar-refractivity contribution is -0.118. The van der Waals surface area contributed by atoms with Crippen molar-refractivity contribution in [2.45, 2.75) is 11.4 Å². The molecule has 0 aliphatic rings. The van der Waals surface area contributed by atoms with Crippen LogP contribution in [0.4, 0.5) is 5.69 Å². The molecule has 110 valence electrons. The molecule has 0 radical (unpaired) electrons. The Labute approximate surface area is 137 Å². The number of amides is 1. The maximum Gasteiger partial charge on any atom is 0.230 e. The van der Waals surface area contributed by atoms with Gasteiger partial charge in [0, 0.05) is 27.2 Å². The summed E-state index contributed by atoms with van der Waals surface area (Å²) in [7, 11) is 0. The number of nitrogens with two attached hydrogens (primary N) is 1. The smallest absolute Gasteiger partial charge is 0.230 e. The lowest BCUT2D eigenvalue weighted by atomic mass is 10.2. The SMILES string of the molecule is Nc1ccc(Cl)cc1SCC(=O)NCc1ccc(Cl)cc1. The second-order valence-corrected chi connectivity index (χ2v) is 6.26. The zero-order chi connectivity index (χ0) is 15.2. The van der Waals surface area contributed by atoms with Gasteiger partial charge in [-0.15, -0.1) is 11.8 Å². The van der Waals surface area contributed by atoms with Crippen molar-refractivity contribution < 1.29 is 4.79 Å². The largest absolute Gasteiger partial charge is 0.398 e. The molecule has 2 aromatic carbocycles. The third-order valence-corrected chi connectivity index (χ3v) is 4.30. The third kappa shape index (κ3) is 5.16. The van der Waals surface area contributed by atoms with Crippen LogP contribution in [0.25, 0.3) is 0 Å². The second kappa shape index (κ2) is 7.59. The van der Waals surface area contributed by atoms with E-state index < -0.39 is 0 Å². The number of carbonyl (C=O) groups is 1. The van der Waals surface area contributed by atoms with Gasteiger partial charge in [-0.1, -0.05) is 35.3 Å². The van der Waals surface area contributed by atoms with Crippen LogP contribution in [0.3, 0.4) is 0 Å². The molecule has 0 fully saturated rings. The fourth-order valence-corrected chi connectivity index (χ4v) is 2.83. The van der Waals surface area contributed by atoms with Crippen molar-refractivity contribution >= 4 is 46.6 Å². The Balaban J connectivity index is 1.82. The number of anilines is 1. The van der Waals surface area contributed by atoms with E-state index in [1.807, 2.05) is 12.1 Å². The Hall–Kier alpha value is -1.36. The summed E-state index contributed by atoms with van der Waals surface area (Å²) in [4.78, 5) is 12.6. The Morgan fingerprint density at radius 3 is 2.48 bits per heavy atom. The average molecular weight is 341 g/mol. The molecular formula is C15H14Cl2N2OS. The standard InChI is InChI=1S/C15H14Cl2N2OS/c16-11-3-1-10(2-4-11)8-19-15(20)9-21-14-7-12(17)5-6-13(14)18/h1-7H,8-9,18H2,(H,19,20). The number of carbonyl (C=O) groups excluding carboxylic acids is 1. The quantitative estimate of drug-likeness (QED) is 0.639. The summed E-state index contributed by atoms with van der Waals surface area (Å²) >= 11 is 13.1. The molecule has 1 amide bonds. The maximum absolute atomic E-state index is 11.8. The zero-order valence-electron chi connectivity index (χ0n) is 11.1. The van der Waals surface area contributed by atoms with Gasteiger partial charge in [0.05, 0.1) is 5.75 Å². The molecule has 3 nitrogen and oxygen atoms in total. The van der Waals surface area contributed by atoms with E-state index in [9.17, 15) is 4.79 Å². The number of hydrogen-bond donors (Lipinski definition) is 2. The first kappa shape index (κ1) is 16.0. The van der Waals surface area contributed by atoms with Gasteiger partial charge in [-0.25, -0.2) is 0 Å². The molecule has 0 aliphatic carbocycles. The highest BCUT2D eigenvalue weighted by Gasteiger charge is 2.06. The lowest BCUT2D eigenvalue weighted by Crippen LogP contribution is -2.24. The fourth-order valence-electron chi connectivity index (χ4n) is 1.63. The highest BCUT2D eigenvalue weighted by Crippen LogP contribution is 2.27. The van der Waals surface area contributed by atoms with E-state index >= 15 is 0 Å². The highest BCUT2D eigenvalue weighted by molar-refractivity contribution is 8.00. The summed E-state index contributed by atoms with van der Waals surface area (Å²) in [6.45, 7) is 0.474. The Bertz CT molecular complexity index is 632. The highest BCUT2D eigenvalue weighted by atomic mass is 35.5. The number of hydrogen-bond acceptors (Lipinski definition) is 3. The number of nitrogen functional groups attached to an aromatic ring is 1.